The molecule has 2 heteroatoms. The van der Waals surface area contributed by atoms with E-state index in [1.165, 1.54) is 96.3 Å². The molecular formula is C24H44O2. The fourth-order valence-electron chi connectivity index (χ4n) is 5.03. The van der Waals surface area contributed by atoms with Gasteiger partial charge in [0, 0.05) is 12.5 Å². The molecule has 0 saturated heterocycles. The molecule has 0 spiro atoms. The van der Waals surface area contributed by atoms with Crippen LogP contribution in [-0.2, 0) is 9.84 Å². The lowest BCUT2D eigenvalue weighted by atomic mass is 9.67. The minimum absolute atomic E-state index is 0.295. The molecular weight excluding hydrogens is 320 g/mol. The first-order chi connectivity index (χ1) is 12.8. The van der Waals surface area contributed by atoms with Crippen LogP contribution < -0.4 is 0 Å². The Kier molecular flexibility index (Phi) is 12.0. The van der Waals surface area contributed by atoms with Crippen LogP contribution in [0.4, 0.5) is 0 Å². The maximum Gasteiger partial charge on any atom is 0.0985 e. The van der Waals surface area contributed by atoms with Crippen LogP contribution in [0.5, 0.6) is 0 Å². The number of hydrogen-bond acceptors (Lipinski definition) is 1. The molecule has 0 heterocycles. The molecule has 4 unspecified atom stereocenters. The fourth-order valence-corrected chi connectivity index (χ4v) is 5.03. The first-order valence-electron chi connectivity index (χ1n) is 11.9. The highest BCUT2D eigenvalue weighted by Crippen LogP contribution is 2.43. The van der Waals surface area contributed by atoms with Crippen molar-refractivity contribution in [3.05, 3.63) is 6.92 Å². The van der Waals surface area contributed by atoms with Crippen LogP contribution in [-0.4, -0.2) is 18.8 Å². The van der Waals surface area contributed by atoms with Crippen molar-refractivity contribution in [2.24, 2.45) is 11.8 Å². The van der Waals surface area contributed by atoms with Crippen LogP contribution in [0.2, 0.25) is 0 Å². The van der Waals surface area contributed by atoms with Crippen molar-refractivity contribution in [3.8, 4) is 0 Å². The van der Waals surface area contributed by atoms with Crippen LogP contribution in [0.25, 0.3) is 0 Å². The third-order valence-electron chi connectivity index (χ3n) is 6.72. The van der Waals surface area contributed by atoms with Gasteiger partial charge in [0.1, 0.15) is 0 Å². The smallest absolute Gasteiger partial charge is 0.0985 e. The molecule has 3 aliphatic rings. The third kappa shape index (κ3) is 8.74. The molecule has 26 heavy (non-hydrogen) atoms. The number of unbranched alkanes of at least 4 members (excludes halogenated alkanes) is 13. The second-order valence-corrected chi connectivity index (χ2v) is 8.98. The van der Waals surface area contributed by atoms with Gasteiger partial charge in [-0.25, -0.2) is 5.11 Å². The summed E-state index contributed by atoms with van der Waals surface area (Å²) in [5.41, 5.74) is 0. The zero-order valence-electron chi connectivity index (χ0n) is 17.3. The zero-order chi connectivity index (χ0) is 18.5. The topological polar surface area (TPSA) is 29.1 Å². The maximum absolute atomic E-state index is 12.0. The number of hydrogen-bond donors (Lipinski definition) is 0. The summed E-state index contributed by atoms with van der Waals surface area (Å²) in [7, 11) is 0. The van der Waals surface area contributed by atoms with Crippen molar-refractivity contribution < 1.29 is 9.84 Å². The molecule has 0 aliphatic heterocycles. The summed E-state index contributed by atoms with van der Waals surface area (Å²) < 4.78 is 6.09. The number of rotatable bonds is 16. The predicted octanol–water partition coefficient (Wildman–Crippen LogP) is 7.29. The lowest BCUT2D eigenvalue weighted by molar-refractivity contribution is -0.131. The van der Waals surface area contributed by atoms with E-state index >= 15 is 0 Å². The lowest BCUT2D eigenvalue weighted by Crippen LogP contribution is -2.45. The molecule has 0 N–H and O–H groups in total. The van der Waals surface area contributed by atoms with E-state index < -0.39 is 0 Å². The van der Waals surface area contributed by atoms with Gasteiger partial charge in [-0.3, -0.25) is 0 Å². The van der Waals surface area contributed by atoms with Gasteiger partial charge in [-0.05, 0) is 38.0 Å². The van der Waals surface area contributed by atoms with E-state index in [2.05, 4.69) is 6.92 Å². The van der Waals surface area contributed by atoms with Crippen molar-refractivity contribution >= 4 is 0 Å². The van der Waals surface area contributed by atoms with Crippen molar-refractivity contribution in [1.29, 1.82) is 0 Å². The first-order valence-corrected chi connectivity index (χ1v) is 11.9. The predicted molar refractivity (Wildman–Crippen MR) is 110 cm³/mol. The van der Waals surface area contributed by atoms with Gasteiger partial charge in [0.2, 0.25) is 0 Å². The minimum atomic E-state index is -0.332. The molecule has 2 bridgehead atoms. The monoisotopic (exact) mass is 364 g/mol. The van der Waals surface area contributed by atoms with E-state index in [1.54, 1.807) is 0 Å². The van der Waals surface area contributed by atoms with E-state index in [4.69, 9.17) is 4.74 Å². The van der Waals surface area contributed by atoms with Crippen LogP contribution in [0.3, 0.4) is 0 Å². The molecule has 2 radical (unpaired) electrons. The van der Waals surface area contributed by atoms with E-state index in [9.17, 15) is 5.11 Å². The Balaban J connectivity index is 1.30. The van der Waals surface area contributed by atoms with Gasteiger partial charge in [0.25, 0.3) is 0 Å². The summed E-state index contributed by atoms with van der Waals surface area (Å²) in [5.74, 6) is 0.991. The van der Waals surface area contributed by atoms with Crippen molar-refractivity contribution in [1.82, 2.24) is 0 Å². The fraction of sp³-hybridized carbons (Fsp3) is 0.958. The minimum Gasteiger partial charge on any atom is -0.378 e. The van der Waals surface area contributed by atoms with Crippen molar-refractivity contribution in [2.45, 2.75) is 128 Å². The second-order valence-electron chi connectivity index (χ2n) is 8.98. The Morgan fingerprint density at radius 3 is 1.73 bits per heavy atom. The summed E-state index contributed by atoms with van der Waals surface area (Å²) >= 11 is 0. The van der Waals surface area contributed by atoms with Gasteiger partial charge >= 0.3 is 0 Å². The standard InChI is InChI=1S/C24H44O2/c1-2-3-4-5-6-7-8-9-10-11-12-13-14-15-18-26-24-20-21-16-17-22(24)23(25)19-21/h21-24H,1-20H2. The average Bonchev–Trinajstić information content (AvgIpc) is 2.65. The summed E-state index contributed by atoms with van der Waals surface area (Å²) in [6.45, 7) is 4.78. The summed E-state index contributed by atoms with van der Waals surface area (Å²) in [6.07, 6.45) is 23.4. The first kappa shape index (κ1) is 22.2. The molecule has 3 saturated carbocycles. The van der Waals surface area contributed by atoms with Crippen molar-refractivity contribution in [3.63, 3.8) is 0 Å². The molecule has 0 aromatic rings. The van der Waals surface area contributed by atoms with Crippen LogP contribution in [0.1, 0.15) is 116 Å². The highest BCUT2D eigenvalue weighted by molar-refractivity contribution is 4.92. The Hall–Kier alpha value is -0.0800. The zero-order valence-corrected chi connectivity index (χ0v) is 17.3. The molecule has 0 aromatic heterocycles. The summed E-state index contributed by atoms with van der Waals surface area (Å²) in [5, 5.41) is 12.0. The number of fused-ring (bicyclic) bond motifs is 3. The molecule has 3 aliphatic carbocycles. The molecule has 3 fully saturated rings. The third-order valence-corrected chi connectivity index (χ3v) is 6.72. The van der Waals surface area contributed by atoms with Crippen molar-refractivity contribution in [2.75, 3.05) is 6.61 Å². The highest BCUT2D eigenvalue weighted by atomic mass is 16.5. The highest BCUT2D eigenvalue weighted by Gasteiger charge is 2.42. The van der Waals surface area contributed by atoms with Crippen LogP contribution in [0, 0.1) is 18.8 Å². The Morgan fingerprint density at radius 2 is 1.23 bits per heavy atom. The van der Waals surface area contributed by atoms with E-state index in [0.717, 1.165) is 25.9 Å². The SMILES string of the molecule is [CH2]CCCCCCCCCCCCCCCOC1CC2CCC1C([O])C2. The van der Waals surface area contributed by atoms with Gasteiger partial charge in [-0.15, -0.1) is 0 Å². The normalized spacial score (nSPS) is 27.9. The molecule has 4 atom stereocenters. The van der Waals surface area contributed by atoms with E-state index in [1.807, 2.05) is 0 Å². The van der Waals surface area contributed by atoms with Gasteiger partial charge in [0.15, 0.2) is 0 Å². The van der Waals surface area contributed by atoms with Gasteiger partial charge in [0.05, 0.1) is 12.2 Å². The van der Waals surface area contributed by atoms with Crippen LogP contribution in [0.15, 0.2) is 0 Å². The molecule has 152 valence electrons. The van der Waals surface area contributed by atoms with Gasteiger partial charge in [-0.1, -0.05) is 90.4 Å². The lowest BCUT2D eigenvalue weighted by Gasteiger charge is -2.44. The molecule has 0 amide bonds. The summed E-state index contributed by atoms with van der Waals surface area (Å²) in [4.78, 5) is 0. The number of ether oxygens (including phenoxy) is 1. The maximum atomic E-state index is 12.0. The molecule has 0 aromatic carbocycles. The Labute approximate surface area is 163 Å². The Bertz CT molecular complexity index is 330. The van der Waals surface area contributed by atoms with E-state index in [0.29, 0.717) is 17.9 Å². The molecule has 2 nitrogen and oxygen atoms in total. The van der Waals surface area contributed by atoms with Gasteiger partial charge < -0.3 is 4.74 Å². The van der Waals surface area contributed by atoms with Crippen LogP contribution >= 0.6 is 0 Å². The largest absolute Gasteiger partial charge is 0.378 e. The van der Waals surface area contributed by atoms with Gasteiger partial charge in [-0.2, -0.15) is 0 Å². The van der Waals surface area contributed by atoms with E-state index in [-0.39, 0.29) is 6.10 Å². The Morgan fingerprint density at radius 1 is 0.692 bits per heavy atom. The average molecular weight is 365 g/mol. The summed E-state index contributed by atoms with van der Waals surface area (Å²) in [6, 6.07) is 0. The quantitative estimate of drug-likeness (QED) is 0.264. The molecule has 3 rings (SSSR count). The second kappa shape index (κ2) is 14.0.